The van der Waals surface area contributed by atoms with Crippen LogP contribution in [0, 0.1) is 10.1 Å². The van der Waals surface area contributed by atoms with Crippen molar-refractivity contribution in [2.24, 2.45) is 0 Å². The van der Waals surface area contributed by atoms with Gasteiger partial charge in [-0.05, 0) is 23.3 Å². The molecule has 5 nitrogen and oxygen atoms in total. The van der Waals surface area contributed by atoms with E-state index in [1.165, 1.54) is 23.5 Å². The van der Waals surface area contributed by atoms with Crippen LogP contribution in [0.15, 0.2) is 54.6 Å². The Morgan fingerprint density at radius 3 is 2.22 bits per heavy atom. The molecule has 0 bridgehead atoms. The normalized spacial score (nSPS) is 10.4. The number of carbonyl (C=O) groups excluding carboxylic acids is 1. The first-order valence-electron chi connectivity index (χ1n) is 6.79. The molecule has 3 rings (SSSR count). The third-order valence-corrected chi connectivity index (χ3v) is 4.66. The first-order valence-corrected chi connectivity index (χ1v) is 7.61. The summed E-state index contributed by atoms with van der Waals surface area (Å²) in [5, 5.41) is 10.8. The Balaban J connectivity index is 2.14. The topological polar surface area (TPSA) is 86.2 Å². The molecule has 0 aliphatic heterocycles. The minimum atomic E-state index is -0.462. The van der Waals surface area contributed by atoms with Crippen molar-refractivity contribution >= 4 is 29.0 Å². The van der Waals surface area contributed by atoms with Gasteiger partial charge in [0.05, 0.1) is 20.4 Å². The van der Waals surface area contributed by atoms with Crippen molar-refractivity contribution in [2.45, 2.75) is 0 Å². The van der Waals surface area contributed by atoms with Crippen LogP contribution in [0.2, 0.25) is 0 Å². The molecule has 0 spiro atoms. The summed E-state index contributed by atoms with van der Waals surface area (Å²) in [4.78, 5) is 23.0. The lowest BCUT2D eigenvalue weighted by Gasteiger charge is -2.04. The van der Waals surface area contributed by atoms with Gasteiger partial charge < -0.3 is 5.73 Å². The standard InChI is InChI=1S/C17H12N2O3S/c18-16-15(11-6-8-13(9-7-11)19(21)22)14(10-20)23-17(16)12-4-2-1-3-5-12/h1-10H,18H2. The number of carbonyl (C=O) groups is 1. The van der Waals surface area contributed by atoms with Crippen LogP contribution in [-0.4, -0.2) is 11.2 Å². The van der Waals surface area contributed by atoms with E-state index in [9.17, 15) is 14.9 Å². The van der Waals surface area contributed by atoms with Gasteiger partial charge in [-0.15, -0.1) is 11.3 Å². The summed E-state index contributed by atoms with van der Waals surface area (Å²) >= 11 is 1.32. The second kappa shape index (κ2) is 6.02. The molecule has 114 valence electrons. The Morgan fingerprint density at radius 1 is 1.00 bits per heavy atom. The second-order valence-corrected chi connectivity index (χ2v) is 5.92. The Labute approximate surface area is 136 Å². The lowest BCUT2D eigenvalue weighted by atomic mass is 10.0. The molecule has 0 saturated heterocycles. The van der Waals surface area contributed by atoms with Crippen molar-refractivity contribution in [3.8, 4) is 21.6 Å². The fraction of sp³-hybridized carbons (Fsp3) is 0. The summed E-state index contributed by atoms with van der Waals surface area (Å²) in [7, 11) is 0. The number of nitrogen functional groups attached to an aromatic ring is 1. The maximum absolute atomic E-state index is 11.4. The summed E-state index contributed by atoms with van der Waals surface area (Å²) in [6.45, 7) is 0. The van der Waals surface area contributed by atoms with Crippen LogP contribution in [0.4, 0.5) is 11.4 Å². The number of nitro benzene ring substituents is 1. The molecule has 0 aliphatic carbocycles. The monoisotopic (exact) mass is 324 g/mol. The largest absolute Gasteiger partial charge is 0.397 e. The van der Waals surface area contributed by atoms with E-state index in [2.05, 4.69) is 0 Å². The zero-order chi connectivity index (χ0) is 16.4. The van der Waals surface area contributed by atoms with Gasteiger partial charge in [-0.25, -0.2) is 0 Å². The molecular weight excluding hydrogens is 312 g/mol. The highest BCUT2D eigenvalue weighted by atomic mass is 32.1. The lowest BCUT2D eigenvalue weighted by Crippen LogP contribution is -1.91. The van der Waals surface area contributed by atoms with Gasteiger partial charge in [0.25, 0.3) is 5.69 Å². The SMILES string of the molecule is Nc1c(-c2ccccc2)sc(C=O)c1-c1ccc([N+](=O)[O-])cc1. The highest BCUT2D eigenvalue weighted by Gasteiger charge is 2.18. The van der Waals surface area contributed by atoms with Gasteiger partial charge in [0.15, 0.2) is 6.29 Å². The molecule has 0 radical (unpaired) electrons. The predicted octanol–water partition coefficient (Wildman–Crippen LogP) is 4.39. The summed E-state index contributed by atoms with van der Waals surface area (Å²) in [5.74, 6) is 0. The number of thiophene rings is 1. The van der Waals surface area contributed by atoms with Crippen LogP contribution in [-0.2, 0) is 0 Å². The third kappa shape index (κ3) is 2.72. The van der Waals surface area contributed by atoms with Gasteiger partial charge in [-0.1, -0.05) is 30.3 Å². The molecule has 3 aromatic rings. The zero-order valence-electron chi connectivity index (χ0n) is 11.9. The smallest absolute Gasteiger partial charge is 0.269 e. The van der Waals surface area contributed by atoms with Crippen molar-refractivity contribution in [2.75, 3.05) is 5.73 Å². The highest BCUT2D eigenvalue weighted by molar-refractivity contribution is 7.18. The van der Waals surface area contributed by atoms with E-state index in [1.54, 1.807) is 12.1 Å². The summed E-state index contributed by atoms with van der Waals surface area (Å²) in [5.41, 5.74) is 9.02. The summed E-state index contributed by atoms with van der Waals surface area (Å²) in [6.07, 6.45) is 0.768. The van der Waals surface area contributed by atoms with E-state index in [4.69, 9.17) is 5.73 Å². The number of hydrogen-bond acceptors (Lipinski definition) is 5. The molecule has 0 fully saturated rings. The third-order valence-electron chi connectivity index (χ3n) is 3.48. The Bertz CT molecular complexity index is 871. The van der Waals surface area contributed by atoms with Crippen molar-refractivity contribution in [1.29, 1.82) is 0 Å². The minimum absolute atomic E-state index is 0.00140. The van der Waals surface area contributed by atoms with Crippen LogP contribution in [0.3, 0.4) is 0 Å². The maximum atomic E-state index is 11.4. The first kappa shape index (κ1) is 14.9. The van der Waals surface area contributed by atoms with Gasteiger partial charge in [-0.3, -0.25) is 14.9 Å². The van der Waals surface area contributed by atoms with Crippen molar-refractivity contribution in [3.05, 3.63) is 69.6 Å². The maximum Gasteiger partial charge on any atom is 0.269 e. The van der Waals surface area contributed by atoms with E-state index >= 15 is 0 Å². The second-order valence-electron chi connectivity index (χ2n) is 4.87. The lowest BCUT2D eigenvalue weighted by molar-refractivity contribution is -0.384. The van der Waals surface area contributed by atoms with E-state index in [0.717, 1.165) is 16.7 Å². The Hall–Kier alpha value is -2.99. The van der Waals surface area contributed by atoms with Gasteiger partial charge in [0.2, 0.25) is 0 Å². The molecular formula is C17H12N2O3S. The van der Waals surface area contributed by atoms with E-state index in [-0.39, 0.29) is 5.69 Å². The summed E-state index contributed by atoms with van der Waals surface area (Å²) in [6, 6.07) is 15.6. The van der Waals surface area contributed by atoms with E-state index in [1.807, 2.05) is 30.3 Å². The number of benzene rings is 2. The first-order chi connectivity index (χ1) is 11.1. The fourth-order valence-electron chi connectivity index (χ4n) is 2.40. The van der Waals surface area contributed by atoms with Crippen LogP contribution >= 0.6 is 11.3 Å². The molecule has 23 heavy (non-hydrogen) atoms. The molecule has 0 unspecified atom stereocenters. The van der Waals surface area contributed by atoms with Crippen molar-refractivity contribution < 1.29 is 9.72 Å². The van der Waals surface area contributed by atoms with Gasteiger partial charge in [-0.2, -0.15) is 0 Å². The predicted molar refractivity (Wildman–Crippen MR) is 91.6 cm³/mol. The number of nitrogens with zero attached hydrogens (tertiary/aromatic N) is 1. The molecule has 1 aromatic heterocycles. The average molecular weight is 324 g/mol. The average Bonchev–Trinajstić information content (AvgIpc) is 2.92. The number of nitrogens with two attached hydrogens (primary N) is 1. The van der Waals surface area contributed by atoms with Crippen LogP contribution < -0.4 is 5.73 Å². The molecule has 0 amide bonds. The number of hydrogen-bond donors (Lipinski definition) is 1. The molecule has 2 N–H and O–H groups in total. The van der Waals surface area contributed by atoms with Gasteiger partial charge in [0, 0.05) is 17.7 Å². The van der Waals surface area contributed by atoms with Crippen LogP contribution in [0.5, 0.6) is 0 Å². The quantitative estimate of drug-likeness (QED) is 0.438. The van der Waals surface area contributed by atoms with Crippen LogP contribution in [0.25, 0.3) is 21.6 Å². The number of non-ortho nitro benzene ring substituents is 1. The molecule has 1 heterocycles. The molecule has 0 saturated carbocycles. The molecule has 0 aliphatic rings. The number of nitro groups is 1. The molecule has 2 aromatic carbocycles. The van der Waals surface area contributed by atoms with Gasteiger partial charge >= 0.3 is 0 Å². The van der Waals surface area contributed by atoms with Crippen molar-refractivity contribution in [3.63, 3.8) is 0 Å². The van der Waals surface area contributed by atoms with Gasteiger partial charge in [0.1, 0.15) is 0 Å². The zero-order valence-corrected chi connectivity index (χ0v) is 12.7. The number of anilines is 1. The fourth-order valence-corrected chi connectivity index (χ4v) is 3.46. The van der Waals surface area contributed by atoms with Crippen LogP contribution in [0.1, 0.15) is 9.67 Å². The Morgan fingerprint density at radius 2 is 1.65 bits per heavy atom. The van der Waals surface area contributed by atoms with Crippen molar-refractivity contribution in [1.82, 2.24) is 0 Å². The Kier molecular flexibility index (Phi) is 3.91. The molecule has 0 atom stereocenters. The summed E-state index contributed by atoms with van der Waals surface area (Å²) < 4.78 is 0. The minimum Gasteiger partial charge on any atom is -0.397 e. The number of aldehydes is 1. The highest BCUT2D eigenvalue weighted by Crippen LogP contribution is 2.43. The number of rotatable bonds is 4. The molecule has 6 heteroatoms. The van der Waals surface area contributed by atoms with E-state index < -0.39 is 4.92 Å². The van der Waals surface area contributed by atoms with E-state index in [0.29, 0.717) is 21.7 Å².